The molecule has 0 aliphatic heterocycles. The van der Waals surface area contributed by atoms with E-state index < -0.39 is 37.9 Å². The molecule has 2 heteroatoms. The van der Waals surface area contributed by atoms with Crippen LogP contribution in [0.25, 0.3) is 0 Å². The van der Waals surface area contributed by atoms with Crippen molar-refractivity contribution in [1.82, 2.24) is 0 Å². The highest BCUT2D eigenvalue weighted by Crippen LogP contribution is 1.91. The predicted octanol–water partition coefficient (Wildman–Crippen LogP) is 1.52. The van der Waals surface area contributed by atoms with Gasteiger partial charge in [0.15, 0.2) is 0 Å². The maximum atomic E-state index is 10.5. The van der Waals surface area contributed by atoms with Crippen molar-refractivity contribution in [2.24, 2.45) is 0 Å². The number of rotatable bonds is 2. The first-order chi connectivity index (χ1) is 6.96. The molecule has 0 unspecified atom stereocenters. The van der Waals surface area contributed by atoms with Gasteiger partial charge >= 0.3 is 5.97 Å². The zero-order valence-corrected chi connectivity index (χ0v) is 5.02. The van der Waals surface area contributed by atoms with Crippen LogP contribution in [0, 0.1) is 0 Å². The van der Waals surface area contributed by atoms with Gasteiger partial charge in [-0.3, -0.25) is 4.79 Å². The van der Waals surface area contributed by atoms with E-state index >= 15 is 0 Å². The average molecular weight is 135 g/mol. The number of hydrogen-bond donors (Lipinski definition) is 0. The minimum atomic E-state index is -2.83. The van der Waals surface area contributed by atoms with Gasteiger partial charge in [0.25, 0.3) is 0 Å². The van der Waals surface area contributed by atoms with Crippen molar-refractivity contribution >= 4 is 5.97 Å². The molecule has 0 aromatic carbocycles. The molecule has 0 aromatic rings. The van der Waals surface area contributed by atoms with E-state index in [9.17, 15) is 4.79 Å². The van der Waals surface area contributed by atoms with Crippen molar-refractivity contribution in [2.45, 2.75) is 20.6 Å². The lowest BCUT2D eigenvalue weighted by Crippen LogP contribution is -2.00. The van der Waals surface area contributed by atoms with Crippen LogP contribution in [0.3, 0.4) is 0 Å². The highest BCUT2D eigenvalue weighted by molar-refractivity contribution is 5.66. The lowest BCUT2D eigenvalue weighted by molar-refractivity contribution is -0.139. The zero-order chi connectivity index (χ0) is 13.1. The van der Waals surface area contributed by atoms with Gasteiger partial charge < -0.3 is 4.74 Å². The van der Waals surface area contributed by atoms with E-state index in [0.29, 0.717) is 0 Å². The molecule has 0 amide bonds. The molecule has 0 aromatic heterocycles. The Labute approximate surface area is 65.3 Å². The third kappa shape index (κ3) is 5.07. The summed E-state index contributed by atoms with van der Waals surface area (Å²) in [6, 6.07) is -1.01. The van der Waals surface area contributed by atoms with Crippen molar-refractivity contribution in [2.75, 3.05) is 6.61 Å². The Morgan fingerprint density at radius 2 is 2.78 bits per heavy atom. The summed E-state index contributed by atoms with van der Waals surface area (Å²) in [5.74, 6) is -0.736. The van der Waals surface area contributed by atoms with Crippen LogP contribution in [0.5, 0.6) is 0 Å². The number of ether oxygens (including phenoxy) is 1. The fourth-order valence-corrected chi connectivity index (χ4v) is 0.210. The first-order valence-electron chi connectivity index (χ1n) is 5.80. The summed E-state index contributed by atoms with van der Waals surface area (Å²) in [4.78, 5) is 10.5. The summed E-state index contributed by atoms with van der Waals surface area (Å²) in [6.45, 7) is -5.23. The lowest BCUT2D eigenvalue weighted by Gasteiger charge is -1.98. The molecule has 0 saturated heterocycles. The van der Waals surface area contributed by atoms with Crippen LogP contribution in [0.2, 0.25) is 0 Å². The standard InChI is InChI=1S/C7H12O2/c1-4-6(2)5-9-7(3)8/h4H,5H2,1-3H3/b6-4+/i1D3,2D3,4D. The minimum Gasteiger partial charge on any atom is -0.461 e. The fraction of sp³-hybridized carbons (Fsp3) is 0.571. The molecule has 0 aliphatic carbocycles. The SMILES string of the molecule is [2H]/C(=C(\COC(C)=O)C([2H])([2H])[2H])C([2H])([2H])[2H]. The summed E-state index contributed by atoms with van der Waals surface area (Å²) in [5, 5.41) is 0. The Morgan fingerprint density at radius 1 is 2.00 bits per heavy atom. The Kier molecular flexibility index (Phi) is 0.969. The van der Waals surface area contributed by atoms with E-state index in [1.807, 2.05) is 0 Å². The Hall–Kier alpha value is -0.790. The number of hydrogen-bond acceptors (Lipinski definition) is 2. The van der Waals surface area contributed by atoms with E-state index in [2.05, 4.69) is 4.74 Å². The third-order valence-corrected chi connectivity index (χ3v) is 0.571. The molecule has 0 atom stereocenters. The van der Waals surface area contributed by atoms with Crippen LogP contribution >= 0.6 is 0 Å². The molecule has 9 heavy (non-hydrogen) atoms. The van der Waals surface area contributed by atoms with Crippen LogP contribution in [0.1, 0.15) is 30.2 Å². The predicted molar refractivity (Wildman–Crippen MR) is 36.1 cm³/mol. The van der Waals surface area contributed by atoms with Gasteiger partial charge in [-0.1, -0.05) is 6.05 Å². The molecule has 0 N–H and O–H groups in total. The van der Waals surface area contributed by atoms with Gasteiger partial charge in [-0.15, -0.1) is 0 Å². The number of carbonyl (C=O) groups excluding carboxylic acids is 1. The minimum absolute atomic E-state index is 0.678. The molecule has 2 nitrogen and oxygen atoms in total. The molecule has 0 heterocycles. The van der Waals surface area contributed by atoms with E-state index in [1.165, 1.54) is 0 Å². The quantitative estimate of drug-likeness (QED) is 0.424. The largest absolute Gasteiger partial charge is 0.461 e. The second kappa shape index (κ2) is 4.13. The van der Waals surface area contributed by atoms with Gasteiger partial charge in [-0.2, -0.15) is 0 Å². The summed E-state index contributed by atoms with van der Waals surface area (Å²) in [6.07, 6.45) is 0. The van der Waals surface area contributed by atoms with Gasteiger partial charge in [0.1, 0.15) is 6.61 Å². The van der Waals surface area contributed by atoms with Crippen LogP contribution in [-0.4, -0.2) is 12.6 Å². The van der Waals surface area contributed by atoms with Crippen LogP contribution < -0.4 is 0 Å². The summed E-state index contributed by atoms with van der Waals surface area (Å²) >= 11 is 0. The Balaban J connectivity index is 5.18. The van der Waals surface area contributed by atoms with Gasteiger partial charge in [0.2, 0.25) is 0 Å². The molecule has 0 radical (unpaired) electrons. The Bertz CT molecular complexity index is 299. The highest BCUT2D eigenvalue weighted by Gasteiger charge is 1.90. The molecular weight excluding hydrogens is 116 g/mol. The smallest absolute Gasteiger partial charge is 0.302 e. The van der Waals surface area contributed by atoms with Gasteiger partial charge in [-0.25, -0.2) is 0 Å². The molecule has 0 saturated carbocycles. The molecular formula is C7H12O2. The number of esters is 1. The molecule has 0 rings (SSSR count). The van der Waals surface area contributed by atoms with Crippen LogP contribution in [-0.2, 0) is 9.53 Å². The van der Waals surface area contributed by atoms with Crippen molar-refractivity contribution in [3.63, 3.8) is 0 Å². The molecule has 0 aliphatic rings. The molecule has 52 valence electrons. The van der Waals surface area contributed by atoms with E-state index in [-0.39, 0.29) is 0 Å². The average Bonchev–Trinajstić information content (AvgIpc) is 1.99. The summed E-state index contributed by atoms with van der Waals surface area (Å²) < 4.78 is 53.6. The first-order valence-corrected chi connectivity index (χ1v) is 2.30. The van der Waals surface area contributed by atoms with Crippen molar-refractivity contribution in [3.8, 4) is 0 Å². The third-order valence-electron chi connectivity index (χ3n) is 0.571. The fourth-order valence-electron chi connectivity index (χ4n) is 0.210. The van der Waals surface area contributed by atoms with E-state index in [4.69, 9.17) is 9.60 Å². The molecule has 0 spiro atoms. The number of carbonyl (C=O) groups is 1. The van der Waals surface area contributed by atoms with Crippen molar-refractivity contribution < 1.29 is 19.1 Å². The van der Waals surface area contributed by atoms with Crippen molar-refractivity contribution in [3.05, 3.63) is 11.6 Å². The van der Waals surface area contributed by atoms with Gasteiger partial charge in [0, 0.05) is 15.1 Å². The second-order valence-corrected chi connectivity index (χ2v) is 1.38. The van der Waals surface area contributed by atoms with Crippen molar-refractivity contribution in [1.29, 1.82) is 0 Å². The van der Waals surface area contributed by atoms with E-state index in [0.717, 1.165) is 6.92 Å². The Morgan fingerprint density at radius 3 is 3.22 bits per heavy atom. The summed E-state index contributed by atoms with van der Waals surface area (Å²) in [5.41, 5.74) is -0.678. The first kappa shape index (κ1) is 2.11. The van der Waals surface area contributed by atoms with Gasteiger partial charge in [-0.05, 0) is 19.3 Å². The molecule has 0 bridgehead atoms. The lowest BCUT2D eigenvalue weighted by atomic mass is 10.3. The van der Waals surface area contributed by atoms with E-state index in [1.54, 1.807) is 0 Å². The van der Waals surface area contributed by atoms with Gasteiger partial charge in [0.05, 0.1) is 1.37 Å². The zero-order valence-electron chi connectivity index (χ0n) is 12.0. The maximum Gasteiger partial charge on any atom is 0.302 e. The topological polar surface area (TPSA) is 26.3 Å². The molecule has 0 fully saturated rings. The normalized spacial score (nSPS) is 26.6. The maximum absolute atomic E-state index is 10.5. The number of allylic oxidation sites excluding steroid dienone is 1. The second-order valence-electron chi connectivity index (χ2n) is 1.38. The highest BCUT2D eigenvalue weighted by atomic mass is 16.5. The van der Waals surface area contributed by atoms with Crippen LogP contribution in [0.4, 0.5) is 0 Å². The monoisotopic (exact) mass is 135 g/mol. The summed E-state index contributed by atoms with van der Waals surface area (Å²) in [7, 11) is 0. The van der Waals surface area contributed by atoms with Crippen LogP contribution in [0.15, 0.2) is 11.6 Å².